The third-order valence-electron chi connectivity index (χ3n) is 4.49. The predicted molar refractivity (Wildman–Crippen MR) is 137 cm³/mol. The van der Waals surface area contributed by atoms with E-state index in [0.717, 1.165) is 61.6 Å². The van der Waals surface area contributed by atoms with Crippen molar-refractivity contribution < 1.29 is 19.0 Å². The monoisotopic (exact) mass is 549 g/mol. The summed E-state index contributed by atoms with van der Waals surface area (Å²) in [6.45, 7) is 10.1. The highest BCUT2D eigenvalue weighted by molar-refractivity contribution is 14.0. The molecule has 0 heterocycles. The van der Waals surface area contributed by atoms with Crippen molar-refractivity contribution in [3.8, 4) is 5.75 Å². The molecule has 0 atom stereocenters. The van der Waals surface area contributed by atoms with Crippen LogP contribution in [0.25, 0.3) is 0 Å². The molecule has 0 aliphatic heterocycles. The average molecular weight is 549 g/mol. The number of guanidine groups is 1. The number of unbranched alkanes of at least 4 members (excludes halogenated alkanes) is 3. The number of halogens is 1. The summed E-state index contributed by atoms with van der Waals surface area (Å²) in [6, 6.07) is 6.19. The van der Waals surface area contributed by atoms with Gasteiger partial charge in [-0.25, -0.2) is 4.99 Å². The fraction of sp³-hybridized carbons (Fsp3) is 0.652. The zero-order valence-corrected chi connectivity index (χ0v) is 21.8. The van der Waals surface area contributed by atoms with E-state index in [9.17, 15) is 4.79 Å². The lowest BCUT2D eigenvalue weighted by Crippen LogP contribution is -2.37. The Kier molecular flexibility index (Phi) is 18.2. The zero-order chi connectivity index (χ0) is 22.0. The quantitative estimate of drug-likeness (QED) is 0.112. The topological polar surface area (TPSA) is 81.2 Å². The molecule has 0 aliphatic carbocycles. The minimum atomic E-state index is -0.132. The molecule has 0 amide bonds. The van der Waals surface area contributed by atoms with E-state index < -0.39 is 0 Å². The van der Waals surface area contributed by atoms with Crippen LogP contribution in [0.5, 0.6) is 5.75 Å². The molecule has 0 spiro atoms. The molecule has 1 rings (SSSR count). The Morgan fingerprint density at radius 1 is 1.06 bits per heavy atom. The number of aliphatic imine (C=N–C) groups is 1. The fourth-order valence-corrected chi connectivity index (χ4v) is 2.84. The highest BCUT2D eigenvalue weighted by atomic mass is 127. The van der Waals surface area contributed by atoms with Gasteiger partial charge in [0.1, 0.15) is 12.4 Å². The normalized spacial score (nSPS) is 10.9. The van der Waals surface area contributed by atoms with Gasteiger partial charge in [-0.1, -0.05) is 25.0 Å². The van der Waals surface area contributed by atoms with Crippen LogP contribution in [0.15, 0.2) is 23.2 Å². The minimum absolute atomic E-state index is 0. The number of nitrogens with one attached hydrogen (secondary N) is 2. The molecule has 1 aromatic rings. The Hall–Kier alpha value is -1.55. The van der Waals surface area contributed by atoms with Crippen LogP contribution in [0.4, 0.5) is 0 Å². The Labute approximate surface area is 204 Å². The Morgan fingerprint density at radius 2 is 1.84 bits per heavy atom. The molecule has 0 bridgehead atoms. The van der Waals surface area contributed by atoms with E-state index in [1.807, 2.05) is 13.0 Å². The first-order valence-electron chi connectivity index (χ1n) is 11.0. The molecule has 0 aliphatic rings. The van der Waals surface area contributed by atoms with Crippen LogP contribution in [0.1, 0.15) is 57.1 Å². The fourth-order valence-electron chi connectivity index (χ4n) is 2.84. The van der Waals surface area contributed by atoms with Gasteiger partial charge in [-0.15, -0.1) is 24.0 Å². The molecule has 0 unspecified atom stereocenters. The van der Waals surface area contributed by atoms with Gasteiger partial charge in [0.15, 0.2) is 5.96 Å². The molecule has 0 radical (unpaired) electrons. The van der Waals surface area contributed by atoms with Crippen molar-refractivity contribution in [2.24, 2.45) is 4.99 Å². The molecular weight excluding hydrogens is 509 g/mol. The van der Waals surface area contributed by atoms with Crippen LogP contribution in [0, 0.1) is 6.92 Å². The molecular formula is C23H40IN3O4. The van der Waals surface area contributed by atoms with Gasteiger partial charge in [0.2, 0.25) is 0 Å². The van der Waals surface area contributed by atoms with Gasteiger partial charge in [0.05, 0.1) is 20.3 Å². The number of hydrogen-bond donors (Lipinski definition) is 2. The molecule has 8 heteroatoms. The Bertz CT molecular complexity index is 641. The summed E-state index contributed by atoms with van der Waals surface area (Å²) in [7, 11) is 1.43. The Morgan fingerprint density at radius 3 is 2.55 bits per heavy atom. The molecule has 31 heavy (non-hydrogen) atoms. The van der Waals surface area contributed by atoms with Gasteiger partial charge in [-0.3, -0.25) is 4.79 Å². The van der Waals surface area contributed by atoms with Crippen LogP contribution in [-0.2, 0) is 20.8 Å². The summed E-state index contributed by atoms with van der Waals surface area (Å²) in [6.07, 6.45) is 4.50. The maximum atomic E-state index is 11.1. The van der Waals surface area contributed by atoms with E-state index >= 15 is 0 Å². The highest BCUT2D eigenvalue weighted by Crippen LogP contribution is 2.21. The molecule has 178 valence electrons. The van der Waals surface area contributed by atoms with Gasteiger partial charge in [0.25, 0.3) is 0 Å². The summed E-state index contributed by atoms with van der Waals surface area (Å²) in [4.78, 5) is 15.8. The van der Waals surface area contributed by atoms with Gasteiger partial charge in [-0.2, -0.15) is 0 Å². The third kappa shape index (κ3) is 14.2. The lowest BCUT2D eigenvalue weighted by molar-refractivity contribution is -0.140. The molecule has 0 fully saturated rings. The summed E-state index contributed by atoms with van der Waals surface area (Å²) in [5.74, 6) is 1.53. The van der Waals surface area contributed by atoms with E-state index in [1.165, 1.54) is 7.11 Å². The van der Waals surface area contributed by atoms with Gasteiger partial charge in [0, 0.05) is 31.7 Å². The number of carbonyl (C=O) groups is 1. The summed E-state index contributed by atoms with van der Waals surface area (Å²) in [5.41, 5.74) is 2.21. The molecule has 2 N–H and O–H groups in total. The molecule has 1 aromatic carbocycles. The second kappa shape index (κ2) is 19.2. The first kappa shape index (κ1) is 29.5. The largest absolute Gasteiger partial charge is 0.491 e. The minimum Gasteiger partial charge on any atom is -0.491 e. The standard InChI is InChI=1S/C23H39N3O4.HI/c1-5-24-23(25-14-10-8-7-9-11-22(27)28-4)26-18-20-13-12-19(3)17-21(20)30-16-15-29-6-2;/h12-13,17H,5-11,14-16,18H2,1-4H3,(H2,24,25,26);1H. The molecule has 0 saturated carbocycles. The van der Waals surface area contributed by atoms with Gasteiger partial charge < -0.3 is 24.8 Å². The van der Waals surface area contributed by atoms with Crippen LogP contribution < -0.4 is 15.4 Å². The second-order valence-electron chi connectivity index (χ2n) is 7.02. The van der Waals surface area contributed by atoms with Crippen LogP contribution >= 0.6 is 24.0 Å². The summed E-state index contributed by atoms with van der Waals surface area (Å²) in [5, 5.41) is 6.66. The lowest BCUT2D eigenvalue weighted by atomic mass is 10.1. The van der Waals surface area contributed by atoms with Crippen molar-refractivity contribution in [3.05, 3.63) is 29.3 Å². The van der Waals surface area contributed by atoms with Crippen LogP contribution in [0.2, 0.25) is 0 Å². The molecule has 7 nitrogen and oxygen atoms in total. The number of esters is 1. The second-order valence-corrected chi connectivity index (χ2v) is 7.02. The van der Waals surface area contributed by atoms with Gasteiger partial charge >= 0.3 is 5.97 Å². The lowest BCUT2D eigenvalue weighted by Gasteiger charge is -2.14. The van der Waals surface area contributed by atoms with Crippen molar-refractivity contribution in [1.82, 2.24) is 10.6 Å². The zero-order valence-electron chi connectivity index (χ0n) is 19.5. The summed E-state index contributed by atoms with van der Waals surface area (Å²) >= 11 is 0. The average Bonchev–Trinajstić information content (AvgIpc) is 2.74. The highest BCUT2D eigenvalue weighted by Gasteiger charge is 2.06. The number of rotatable bonds is 15. The number of nitrogens with zero attached hydrogens (tertiary/aromatic N) is 1. The van der Waals surface area contributed by atoms with E-state index in [4.69, 9.17) is 14.5 Å². The first-order chi connectivity index (χ1) is 14.6. The predicted octanol–water partition coefficient (Wildman–Crippen LogP) is 4.21. The SMILES string of the molecule is CCNC(=NCc1ccc(C)cc1OCCOCC)NCCCCCCC(=O)OC.I. The number of carbonyl (C=O) groups excluding carboxylic acids is 1. The third-order valence-corrected chi connectivity index (χ3v) is 4.49. The number of aryl methyl sites for hydroxylation is 1. The van der Waals surface area contributed by atoms with E-state index in [-0.39, 0.29) is 29.9 Å². The van der Waals surface area contributed by atoms with Crippen molar-refractivity contribution in [2.75, 3.05) is 40.0 Å². The molecule has 0 saturated heterocycles. The number of benzene rings is 1. The van der Waals surface area contributed by atoms with Crippen LogP contribution in [0.3, 0.4) is 0 Å². The van der Waals surface area contributed by atoms with Crippen molar-refractivity contribution in [2.45, 2.75) is 59.4 Å². The maximum Gasteiger partial charge on any atom is 0.305 e. The number of hydrogen-bond acceptors (Lipinski definition) is 5. The summed E-state index contributed by atoms with van der Waals surface area (Å²) < 4.78 is 15.9. The number of methoxy groups -OCH3 is 1. The van der Waals surface area contributed by atoms with Crippen molar-refractivity contribution in [1.29, 1.82) is 0 Å². The molecule has 0 aromatic heterocycles. The van der Waals surface area contributed by atoms with Crippen molar-refractivity contribution in [3.63, 3.8) is 0 Å². The smallest absolute Gasteiger partial charge is 0.305 e. The van der Waals surface area contributed by atoms with E-state index in [2.05, 4.69) is 41.4 Å². The Balaban J connectivity index is 0.00000900. The van der Waals surface area contributed by atoms with Crippen LogP contribution in [-0.4, -0.2) is 51.9 Å². The van der Waals surface area contributed by atoms with Gasteiger partial charge in [-0.05, 0) is 45.2 Å². The first-order valence-corrected chi connectivity index (χ1v) is 11.0. The maximum absolute atomic E-state index is 11.1. The van der Waals surface area contributed by atoms with Crippen molar-refractivity contribution >= 4 is 35.9 Å². The number of ether oxygens (including phenoxy) is 3. The van der Waals surface area contributed by atoms with E-state index in [1.54, 1.807) is 0 Å². The van der Waals surface area contributed by atoms with E-state index in [0.29, 0.717) is 32.8 Å².